The Bertz CT molecular complexity index is 896. The summed E-state index contributed by atoms with van der Waals surface area (Å²) in [6.07, 6.45) is 2.05. The van der Waals surface area contributed by atoms with E-state index in [9.17, 15) is 14.4 Å². The molecule has 3 N–H and O–H groups in total. The molecule has 3 amide bonds. The fourth-order valence-electron chi connectivity index (χ4n) is 3.13. The van der Waals surface area contributed by atoms with Gasteiger partial charge >= 0.3 is 0 Å². The van der Waals surface area contributed by atoms with Gasteiger partial charge in [-0.15, -0.1) is 0 Å². The third-order valence-electron chi connectivity index (χ3n) is 4.86. The molecule has 0 unspecified atom stereocenters. The van der Waals surface area contributed by atoms with Crippen LogP contribution in [0.5, 0.6) is 0 Å². The maximum absolute atomic E-state index is 12.8. The first-order chi connectivity index (χ1) is 14.4. The number of hydrogen-bond acceptors (Lipinski definition) is 4. The molecule has 0 heterocycles. The molecule has 1 aliphatic carbocycles. The van der Waals surface area contributed by atoms with E-state index in [4.69, 9.17) is 0 Å². The Labute approximate surface area is 176 Å². The monoisotopic (exact) mass is 408 g/mol. The lowest BCUT2D eigenvalue weighted by atomic mass is 10.1. The lowest BCUT2D eigenvalue weighted by Gasteiger charge is -2.18. The molecule has 0 radical (unpaired) electrons. The van der Waals surface area contributed by atoms with Crippen molar-refractivity contribution in [2.75, 3.05) is 25.5 Å². The van der Waals surface area contributed by atoms with Gasteiger partial charge in [0.25, 0.3) is 5.91 Å². The Hall–Kier alpha value is -3.19. The van der Waals surface area contributed by atoms with Gasteiger partial charge in [0.15, 0.2) is 0 Å². The number of carbonyl (C=O) groups is 3. The predicted octanol–water partition coefficient (Wildman–Crippen LogP) is 2.33. The Balaban J connectivity index is 1.56. The van der Waals surface area contributed by atoms with E-state index in [0.29, 0.717) is 17.3 Å². The Morgan fingerprint density at radius 1 is 0.967 bits per heavy atom. The highest BCUT2D eigenvalue weighted by molar-refractivity contribution is 6.04. The summed E-state index contributed by atoms with van der Waals surface area (Å²) in [5, 5.41) is 8.65. The van der Waals surface area contributed by atoms with E-state index < -0.39 is 0 Å². The fourth-order valence-corrected chi connectivity index (χ4v) is 3.13. The van der Waals surface area contributed by atoms with E-state index in [1.165, 1.54) is 0 Å². The number of nitrogens with one attached hydrogen (secondary N) is 3. The summed E-state index contributed by atoms with van der Waals surface area (Å²) in [5.74, 6) is -0.630. The Morgan fingerprint density at radius 3 is 2.30 bits per heavy atom. The number of benzene rings is 2. The molecule has 1 saturated carbocycles. The number of carbonyl (C=O) groups excluding carboxylic acids is 3. The van der Waals surface area contributed by atoms with Crippen LogP contribution in [0, 0.1) is 0 Å². The second-order valence-corrected chi connectivity index (χ2v) is 7.71. The molecule has 30 heavy (non-hydrogen) atoms. The van der Waals surface area contributed by atoms with Crippen molar-refractivity contribution >= 4 is 23.4 Å². The summed E-state index contributed by atoms with van der Waals surface area (Å²) < 4.78 is 0. The van der Waals surface area contributed by atoms with Crippen LogP contribution in [0.2, 0.25) is 0 Å². The summed E-state index contributed by atoms with van der Waals surface area (Å²) in [5.41, 5.74) is 1.83. The molecule has 1 aliphatic rings. The molecule has 0 aliphatic heterocycles. The smallest absolute Gasteiger partial charge is 0.253 e. The van der Waals surface area contributed by atoms with Crippen molar-refractivity contribution in [2.45, 2.75) is 31.8 Å². The summed E-state index contributed by atoms with van der Waals surface area (Å²) >= 11 is 0. The molecule has 7 heteroatoms. The molecule has 0 spiro atoms. The van der Waals surface area contributed by atoms with Crippen LogP contribution in [-0.2, 0) is 9.59 Å². The highest BCUT2D eigenvalue weighted by atomic mass is 16.2. The molecule has 0 saturated heterocycles. The van der Waals surface area contributed by atoms with Crippen molar-refractivity contribution in [3.05, 3.63) is 65.7 Å². The molecule has 1 fully saturated rings. The van der Waals surface area contributed by atoms with Crippen molar-refractivity contribution in [3.63, 3.8) is 0 Å². The summed E-state index contributed by atoms with van der Waals surface area (Å²) in [7, 11) is 1.71. The minimum absolute atomic E-state index is 0.0501. The van der Waals surface area contributed by atoms with Gasteiger partial charge < -0.3 is 16.0 Å². The van der Waals surface area contributed by atoms with Gasteiger partial charge in [0, 0.05) is 6.04 Å². The SMILES string of the molecule is C[C@@H](NC(=O)c1ccccc1NC(=O)CN(C)CC(=O)NC1CC1)c1ccccc1. The average molecular weight is 409 g/mol. The lowest BCUT2D eigenvalue weighted by molar-refractivity contribution is -0.123. The molecular formula is C23H28N4O3. The van der Waals surface area contributed by atoms with Crippen molar-refractivity contribution < 1.29 is 14.4 Å². The maximum Gasteiger partial charge on any atom is 0.253 e. The van der Waals surface area contributed by atoms with E-state index >= 15 is 0 Å². The maximum atomic E-state index is 12.8. The van der Waals surface area contributed by atoms with Gasteiger partial charge in [0.05, 0.1) is 30.4 Å². The van der Waals surface area contributed by atoms with Crippen molar-refractivity contribution in [1.29, 1.82) is 0 Å². The molecule has 2 aromatic carbocycles. The van der Waals surface area contributed by atoms with Crippen LogP contribution in [0.3, 0.4) is 0 Å². The second kappa shape index (κ2) is 10.0. The van der Waals surface area contributed by atoms with Gasteiger partial charge in [-0.2, -0.15) is 0 Å². The van der Waals surface area contributed by atoms with Gasteiger partial charge in [-0.3, -0.25) is 19.3 Å². The molecule has 1 atom stereocenters. The fraction of sp³-hybridized carbons (Fsp3) is 0.348. The van der Waals surface area contributed by atoms with E-state index in [1.54, 1.807) is 36.2 Å². The number of nitrogens with zero attached hydrogens (tertiary/aromatic N) is 1. The predicted molar refractivity (Wildman–Crippen MR) is 116 cm³/mol. The summed E-state index contributed by atoms with van der Waals surface area (Å²) in [4.78, 5) is 38.7. The zero-order valence-corrected chi connectivity index (χ0v) is 17.4. The Morgan fingerprint density at radius 2 is 1.60 bits per heavy atom. The van der Waals surface area contributed by atoms with Gasteiger partial charge in [-0.05, 0) is 44.5 Å². The lowest BCUT2D eigenvalue weighted by Crippen LogP contribution is -2.39. The highest BCUT2D eigenvalue weighted by Crippen LogP contribution is 2.19. The highest BCUT2D eigenvalue weighted by Gasteiger charge is 2.24. The summed E-state index contributed by atoms with van der Waals surface area (Å²) in [6, 6.07) is 16.7. The van der Waals surface area contributed by atoms with Crippen LogP contribution in [0.4, 0.5) is 5.69 Å². The number of anilines is 1. The van der Waals surface area contributed by atoms with Crippen molar-refractivity contribution in [3.8, 4) is 0 Å². The van der Waals surface area contributed by atoms with Crippen LogP contribution in [0.1, 0.15) is 41.7 Å². The van der Waals surface area contributed by atoms with Crippen molar-refractivity contribution in [2.24, 2.45) is 0 Å². The minimum atomic E-state index is -0.284. The zero-order valence-electron chi connectivity index (χ0n) is 17.4. The van der Waals surface area contributed by atoms with E-state index in [1.807, 2.05) is 37.3 Å². The van der Waals surface area contributed by atoms with Gasteiger partial charge in [-0.25, -0.2) is 0 Å². The minimum Gasteiger partial charge on any atom is -0.352 e. The number of likely N-dealkylation sites (N-methyl/N-ethyl adjacent to an activating group) is 1. The number of hydrogen-bond donors (Lipinski definition) is 3. The van der Waals surface area contributed by atoms with E-state index in [0.717, 1.165) is 18.4 Å². The molecule has 7 nitrogen and oxygen atoms in total. The number of para-hydroxylation sites is 1. The Kier molecular flexibility index (Phi) is 7.19. The van der Waals surface area contributed by atoms with Crippen LogP contribution in [-0.4, -0.2) is 48.8 Å². The standard InChI is InChI=1S/C23H28N4O3/c1-16(17-8-4-3-5-9-17)24-23(30)19-10-6-7-11-20(19)26-22(29)15-27(2)14-21(28)25-18-12-13-18/h3-11,16,18H,12-15H2,1-2H3,(H,24,30)(H,25,28)(H,26,29)/t16-/m1/s1. The van der Waals surface area contributed by atoms with Gasteiger partial charge in [0.2, 0.25) is 11.8 Å². The molecule has 0 bridgehead atoms. The normalized spacial score (nSPS) is 14.1. The summed E-state index contributed by atoms with van der Waals surface area (Å²) in [6.45, 7) is 2.12. The topological polar surface area (TPSA) is 90.5 Å². The molecule has 0 aromatic heterocycles. The zero-order chi connectivity index (χ0) is 21.5. The first-order valence-electron chi connectivity index (χ1n) is 10.1. The second-order valence-electron chi connectivity index (χ2n) is 7.71. The third kappa shape index (κ3) is 6.42. The molecule has 3 rings (SSSR count). The first kappa shape index (κ1) is 21.5. The van der Waals surface area contributed by atoms with E-state index in [2.05, 4.69) is 16.0 Å². The molecule has 158 valence electrons. The molecular weight excluding hydrogens is 380 g/mol. The van der Waals surface area contributed by atoms with Crippen LogP contribution < -0.4 is 16.0 Å². The van der Waals surface area contributed by atoms with Crippen LogP contribution in [0.25, 0.3) is 0 Å². The largest absolute Gasteiger partial charge is 0.352 e. The van der Waals surface area contributed by atoms with Crippen molar-refractivity contribution in [1.82, 2.24) is 15.5 Å². The van der Waals surface area contributed by atoms with Crippen LogP contribution in [0.15, 0.2) is 54.6 Å². The molecule has 2 aromatic rings. The van der Waals surface area contributed by atoms with Gasteiger partial charge in [0.1, 0.15) is 0 Å². The average Bonchev–Trinajstić information content (AvgIpc) is 3.52. The number of rotatable bonds is 9. The van der Waals surface area contributed by atoms with Gasteiger partial charge in [-0.1, -0.05) is 42.5 Å². The third-order valence-corrected chi connectivity index (χ3v) is 4.86. The quantitative estimate of drug-likeness (QED) is 0.594. The van der Waals surface area contributed by atoms with E-state index in [-0.39, 0.29) is 36.9 Å². The van der Waals surface area contributed by atoms with Crippen LogP contribution >= 0.6 is 0 Å². The first-order valence-corrected chi connectivity index (χ1v) is 10.1. The number of amides is 3.